The zero-order valence-electron chi connectivity index (χ0n) is 19.6. The minimum atomic E-state index is -5.52. The molecule has 14 heteroatoms. The van der Waals surface area contributed by atoms with Gasteiger partial charge in [-0.05, 0) is 42.7 Å². The predicted octanol–water partition coefficient (Wildman–Crippen LogP) is 4.32. The molecule has 0 atom stereocenters. The Bertz CT molecular complexity index is 1520. The van der Waals surface area contributed by atoms with Crippen LogP contribution in [0.3, 0.4) is 0 Å². The Morgan fingerprint density at radius 2 is 1.68 bits per heavy atom. The van der Waals surface area contributed by atoms with Crippen molar-refractivity contribution in [2.24, 2.45) is 0 Å². The van der Waals surface area contributed by atoms with Gasteiger partial charge in [-0.15, -0.1) is 0 Å². The Morgan fingerprint density at radius 3 is 2.32 bits per heavy atom. The number of hydrogen-bond donors (Lipinski definition) is 1. The molecule has 0 radical (unpaired) electrons. The first kappa shape index (κ1) is 25.1. The highest BCUT2D eigenvalue weighted by Gasteiger charge is 2.47. The molecule has 37 heavy (non-hydrogen) atoms. The lowest BCUT2D eigenvalue weighted by Crippen LogP contribution is -2.47. The van der Waals surface area contributed by atoms with Crippen LogP contribution in [0, 0.1) is 0 Å². The van der Waals surface area contributed by atoms with Crippen LogP contribution in [0.4, 0.5) is 36.3 Å². The minimum absolute atomic E-state index is 0.0677. The molecule has 4 aromatic rings. The molecule has 1 saturated heterocycles. The van der Waals surface area contributed by atoms with Gasteiger partial charge in [-0.3, -0.25) is 0 Å². The zero-order valence-corrected chi connectivity index (χ0v) is 21.2. The summed E-state index contributed by atoms with van der Waals surface area (Å²) in [6.45, 7) is 3.06. The van der Waals surface area contributed by atoms with E-state index in [0.29, 0.717) is 22.0 Å². The third-order valence-electron chi connectivity index (χ3n) is 5.93. The van der Waals surface area contributed by atoms with E-state index in [9.17, 15) is 21.6 Å². The maximum absolute atomic E-state index is 13.0. The summed E-state index contributed by atoms with van der Waals surface area (Å²) in [6.07, 6.45) is 4.55. The van der Waals surface area contributed by atoms with Crippen molar-refractivity contribution in [2.75, 3.05) is 47.6 Å². The number of hydrogen-bond acceptors (Lipinski definition) is 9. The number of nitrogens with zero attached hydrogens (tertiary/aromatic N) is 6. The first-order valence-electron chi connectivity index (χ1n) is 11.2. The van der Waals surface area contributed by atoms with Crippen molar-refractivity contribution in [1.29, 1.82) is 0 Å². The van der Waals surface area contributed by atoms with Crippen molar-refractivity contribution >= 4 is 55.8 Å². The summed E-state index contributed by atoms with van der Waals surface area (Å²) in [5, 5.41) is 4.07. The second-order valence-corrected chi connectivity index (χ2v) is 10.8. The molecule has 1 aliphatic rings. The van der Waals surface area contributed by atoms with E-state index in [1.165, 1.54) is 30.0 Å². The summed E-state index contributed by atoms with van der Waals surface area (Å²) in [5.41, 5.74) is -4.92. The molecular weight excluding hydrogens is 527 g/mol. The Morgan fingerprint density at radius 1 is 0.946 bits per heavy atom. The van der Waals surface area contributed by atoms with Gasteiger partial charge in [-0.2, -0.15) is 21.6 Å². The molecule has 194 valence electrons. The maximum Gasteiger partial charge on any atom is 0.517 e. The van der Waals surface area contributed by atoms with Crippen molar-refractivity contribution in [1.82, 2.24) is 18.9 Å². The Labute approximate surface area is 215 Å². The van der Waals surface area contributed by atoms with Gasteiger partial charge in [0, 0.05) is 55.7 Å². The normalized spacial score (nSPS) is 14.8. The third kappa shape index (κ3) is 5.03. The van der Waals surface area contributed by atoms with Gasteiger partial charge in [0.2, 0.25) is 0 Å². The number of halogens is 3. The summed E-state index contributed by atoms with van der Waals surface area (Å²) in [4.78, 5) is 17.9. The summed E-state index contributed by atoms with van der Waals surface area (Å²) < 4.78 is 63.0. The molecule has 3 aromatic heterocycles. The van der Waals surface area contributed by atoms with Gasteiger partial charge in [0.1, 0.15) is 17.5 Å². The van der Waals surface area contributed by atoms with Gasteiger partial charge in [0.05, 0.1) is 5.52 Å². The topological polar surface area (TPSA) is 96.2 Å². The van der Waals surface area contributed by atoms with Crippen LogP contribution in [0.5, 0.6) is 0 Å². The maximum atomic E-state index is 13.0. The Kier molecular flexibility index (Phi) is 6.62. The quantitative estimate of drug-likeness (QED) is 0.279. The summed E-state index contributed by atoms with van der Waals surface area (Å²) in [5.74, 6) is 2.21. The number of thioether (sulfide) groups is 1. The summed E-state index contributed by atoms with van der Waals surface area (Å²) in [6, 6.07) is 13.4. The largest absolute Gasteiger partial charge is 0.517 e. The minimum Gasteiger partial charge on any atom is -0.353 e. The number of fused-ring (bicyclic) bond motifs is 1. The molecule has 1 aromatic carbocycles. The van der Waals surface area contributed by atoms with Gasteiger partial charge >= 0.3 is 15.5 Å². The van der Waals surface area contributed by atoms with Crippen molar-refractivity contribution in [2.45, 2.75) is 10.7 Å². The smallest absolute Gasteiger partial charge is 0.353 e. The monoisotopic (exact) mass is 549 g/mol. The average Bonchev–Trinajstić information content (AvgIpc) is 3.32. The first-order valence-corrected chi connectivity index (χ1v) is 13.9. The van der Waals surface area contributed by atoms with E-state index < -0.39 is 15.5 Å². The lowest BCUT2D eigenvalue weighted by Gasteiger charge is -2.36. The van der Waals surface area contributed by atoms with E-state index in [0.717, 1.165) is 44.0 Å². The summed E-state index contributed by atoms with van der Waals surface area (Å²) >= 11 is 1.39. The van der Waals surface area contributed by atoms with Crippen molar-refractivity contribution in [3.8, 4) is 0 Å². The lowest BCUT2D eigenvalue weighted by atomic mass is 10.2. The number of nitrogens with one attached hydrogen (secondary N) is 1. The molecule has 0 bridgehead atoms. The first-order chi connectivity index (χ1) is 17.7. The number of rotatable bonds is 6. The number of anilines is 4. The summed E-state index contributed by atoms with van der Waals surface area (Å²) in [7, 11) is -5.52. The fraction of sp³-hybridized carbons (Fsp3) is 0.261. The number of alkyl halides is 3. The van der Waals surface area contributed by atoms with Gasteiger partial charge in [-0.25, -0.2) is 18.9 Å². The van der Waals surface area contributed by atoms with Gasteiger partial charge in [-0.1, -0.05) is 17.8 Å². The molecule has 1 aliphatic heterocycles. The third-order valence-corrected chi connectivity index (χ3v) is 7.90. The van der Waals surface area contributed by atoms with Crippen LogP contribution in [-0.2, 0) is 10.0 Å². The van der Waals surface area contributed by atoms with Gasteiger partial charge < -0.3 is 15.1 Å². The second-order valence-electron chi connectivity index (χ2n) is 8.22. The van der Waals surface area contributed by atoms with E-state index >= 15 is 0 Å². The van der Waals surface area contributed by atoms with Crippen LogP contribution >= 0.6 is 11.8 Å². The molecule has 1 fully saturated rings. The van der Waals surface area contributed by atoms with E-state index in [1.54, 1.807) is 12.3 Å². The molecule has 4 heterocycles. The van der Waals surface area contributed by atoms with Crippen LogP contribution in [0.25, 0.3) is 10.9 Å². The fourth-order valence-corrected chi connectivity index (χ4v) is 5.34. The molecule has 0 amide bonds. The molecule has 0 aliphatic carbocycles. The van der Waals surface area contributed by atoms with E-state index in [4.69, 9.17) is 0 Å². The van der Waals surface area contributed by atoms with E-state index in [-0.39, 0.29) is 9.49 Å². The van der Waals surface area contributed by atoms with Crippen molar-refractivity contribution in [3.63, 3.8) is 0 Å². The van der Waals surface area contributed by atoms with Crippen molar-refractivity contribution in [3.05, 3.63) is 60.9 Å². The highest BCUT2D eigenvalue weighted by molar-refractivity contribution is 7.98. The molecular formula is C23H22F3N7O2S2. The molecule has 0 unspecified atom stereocenters. The number of piperazine rings is 1. The second kappa shape index (κ2) is 9.74. The fourth-order valence-electron chi connectivity index (χ4n) is 4.10. The Hall–Kier alpha value is -3.52. The van der Waals surface area contributed by atoms with Gasteiger partial charge in [0.15, 0.2) is 5.16 Å². The highest BCUT2D eigenvalue weighted by atomic mass is 32.2. The number of pyridine rings is 1. The molecule has 5 rings (SSSR count). The standard InChI is InChI=1S/C23H22F3N7O2S2/c1-36-22-29-19(15-21(30-22)32-12-10-31(11-13-32)20-4-2-3-8-27-20)28-17-5-6-18-16(14-17)7-9-33(18)37(34,35)23(24,25)26/h2-9,14-15H,10-13H2,1H3,(H,28,29,30). The molecule has 0 saturated carbocycles. The SMILES string of the molecule is CSc1nc(Nc2ccc3c(ccn3S(=O)(=O)C(F)(F)F)c2)cc(N2CCN(c3ccccn3)CC2)n1. The van der Waals surface area contributed by atoms with Crippen LogP contribution in [0.15, 0.2) is 66.1 Å². The molecule has 1 N–H and O–H groups in total. The Balaban J connectivity index is 1.36. The van der Waals surface area contributed by atoms with Crippen LogP contribution in [0.2, 0.25) is 0 Å². The zero-order chi connectivity index (χ0) is 26.2. The molecule has 9 nitrogen and oxygen atoms in total. The van der Waals surface area contributed by atoms with Crippen LogP contribution in [0.1, 0.15) is 0 Å². The average molecular weight is 550 g/mol. The van der Waals surface area contributed by atoms with Crippen molar-refractivity contribution < 1.29 is 21.6 Å². The van der Waals surface area contributed by atoms with Crippen LogP contribution in [-0.4, -0.2) is 65.3 Å². The van der Waals surface area contributed by atoms with E-state index in [2.05, 4.69) is 30.1 Å². The predicted molar refractivity (Wildman–Crippen MR) is 138 cm³/mol. The van der Waals surface area contributed by atoms with E-state index in [1.807, 2.05) is 30.5 Å². The highest BCUT2D eigenvalue weighted by Crippen LogP contribution is 2.31. The lowest BCUT2D eigenvalue weighted by molar-refractivity contribution is -0.0445. The van der Waals surface area contributed by atoms with Gasteiger partial charge in [0.25, 0.3) is 0 Å². The van der Waals surface area contributed by atoms with Crippen LogP contribution < -0.4 is 15.1 Å². The number of benzene rings is 1. The molecule has 0 spiro atoms. The number of aromatic nitrogens is 4.